The predicted molar refractivity (Wildman–Crippen MR) is 104 cm³/mol. The molecular formula is C19H21N5O2S. The van der Waals surface area contributed by atoms with Crippen LogP contribution < -0.4 is 4.90 Å². The SMILES string of the molecule is Cc1ccc(S(=O)(=O)N2CCN(c3cc(-c4cccnc4)[nH]n3)CC2)cc1. The lowest BCUT2D eigenvalue weighted by atomic mass is 10.2. The second-order valence-electron chi connectivity index (χ2n) is 6.59. The van der Waals surface area contributed by atoms with E-state index in [-0.39, 0.29) is 0 Å². The molecule has 4 rings (SSSR count). The van der Waals surface area contributed by atoms with Crippen molar-refractivity contribution in [2.24, 2.45) is 0 Å². The second-order valence-corrected chi connectivity index (χ2v) is 8.52. The molecule has 0 radical (unpaired) electrons. The lowest BCUT2D eigenvalue weighted by Gasteiger charge is -2.34. The quantitative estimate of drug-likeness (QED) is 0.747. The van der Waals surface area contributed by atoms with Gasteiger partial charge in [0.2, 0.25) is 10.0 Å². The monoisotopic (exact) mass is 383 g/mol. The zero-order valence-corrected chi connectivity index (χ0v) is 15.9. The molecule has 1 N–H and O–H groups in total. The van der Waals surface area contributed by atoms with Gasteiger partial charge >= 0.3 is 0 Å². The number of aryl methyl sites for hydroxylation is 1. The van der Waals surface area contributed by atoms with E-state index in [1.165, 1.54) is 0 Å². The molecule has 8 heteroatoms. The molecule has 140 valence electrons. The first-order chi connectivity index (χ1) is 13.0. The molecular weight excluding hydrogens is 362 g/mol. The molecule has 0 atom stereocenters. The maximum atomic E-state index is 12.8. The smallest absolute Gasteiger partial charge is 0.243 e. The number of H-pyrrole nitrogens is 1. The third kappa shape index (κ3) is 3.58. The molecule has 1 fully saturated rings. The highest BCUT2D eigenvalue weighted by Crippen LogP contribution is 2.24. The van der Waals surface area contributed by atoms with Crippen LogP contribution in [0.4, 0.5) is 5.82 Å². The topological polar surface area (TPSA) is 82.2 Å². The third-order valence-electron chi connectivity index (χ3n) is 4.76. The van der Waals surface area contributed by atoms with Crippen LogP contribution in [0.1, 0.15) is 5.56 Å². The van der Waals surface area contributed by atoms with Gasteiger partial charge in [-0.05, 0) is 31.2 Å². The molecule has 0 aliphatic carbocycles. The number of piperazine rings is 1. The van der Waals surface area contributed by atoms with Crippen molar-refractivity contribution in [1.29, 1.82) is 0 Å². The molecule has 0 unspecified atom stereocenters. The highest BCUT2D eigenvalue weighted by Gasteiger charge is 2.29. The fourth-order valence-corrected chi connectivity index (χ4v) is 4.58. The van der Waals surface area contributed by atoms with Crippen LogP contribution in [0.15, 0.2) is 59.8 Å². The molecule has 0 bridgehead atoms. The maximum Gasteiger partial charge on any atom is 0.243 e. The van der Waals surface area contributed by atoms with E-state index in [4.69, 9.17) is 0 Å². The molecule has 1 saturated heterocycles. The average Bonchev–Trinajstić information content (AvgIpc) is 3.19. The van der Waals surface area contributed by atoms with Gasteiger partial charge in [0, 0.05) is 50.2 Å². The summed E-state index contributed by atoms with van der Waals surface area (Å²) in [5, 5.41) is 7.40. The Bertz CT molecular complexity index is 1010. The van der Waals surface area contributed by atoms with E-state index < -0.39 is 10.0 Å². The van der Waals surface area contributed by atoms with E-state index in [0.29, 0.717) is 31.1 Å². The van der Waals surface area contributed by atoms with Crippen molar-refractivity contribution in [3.8, 4) is 11.3 Å². The minimum atomic E-state index is -3.45. The van der Waals surface area contributed by atoms with Crippen LogP contribution in [0.3, 0.4) is 0 Å². The van der Waals surface area contributed by atoms with E-state index in [9.17, 15) is 8.42 Å². The van der Waals surface area contributed by atoms with Crippen molar-refractivity contribution >= 4 is 15.8 Å². The molecule has 2 aromatic heterocycles. The van der Waals surface area contributed by atoms with Crippen molar-refractivity contribution in [1.82, 2.24) is 19.5 Å². The number of benzene rings is 1. The van der Waals surface area contributed by atoms with Gasteiger partial charge in [-0.15, -0.1) is 0 Å². The summed E-state index contributed by atoms with van der Waals surface area (Å²) in [7, 11) is -3.45. The minimum Gasteiger partial charge on any atom is -0.352 e. The first-order valence-corrected chi connectivity index (χ1v) is 10.3. The predicted octanol–water partition coefficient (Wildman–Crippen LogP) is 2.29. The number of hydrogen-bond donors (Lipinski definition) is 1. The van der Waals surface area contributed by atoms with Crippen LogP contribution in [0, 0.1) is 6.92 Å². The summed E-state index contributed by atoms with van der Waals surface area (Å²) < 4.78 is 27.2. The molecule has 1 aromatic carbocycles. The van der Waals surface area contributed by atoms with Gasteiger partial charge in [-0.3, -0.25) is 10.1 Å². The average molecular weight is 383 g/mol. The first kappa shape index (κ1) is 17.7. The van der Waals surface area contributed by atoms with Gasteiger partial charge in [0.05, 0.1) is 10.6 Å². The number of hydrogen-bond acceptors (Lipinski definition) is 5. The summed E-state index contributed by atoms with van der Waals surface area (Å²) in [5.74, 6) is 0.821. The molecule has 1 aliphatic heterocycles. The number of pyridine rings is 1. The van der Waals surface area contributed by atoms with E-state index in [2.05, 4.69) is 20.1 Å². The molecule has 0 spiro atoms. The molecule has 1 aliphatic rings. The van der Waals surface area contributed by atoms with Crippen LogP contribution >= 0.6 is 0 Å². The van der Waals surface area contributed by atoms with Gasteiger partial charge in [0.1, 0.15) is 0 Å². The number of nitrogens with one attached hydrogen (secondary N) is 1. The Morgan fingerprint density at radius 2 is 1.78 bits per heavy atom. The molecule has 3 heterocycles. The van der Waals surface area contributed by atoms with E-state index in [1.54, 1.807) is 28.8 Å². The minimum absolute atomic E-state index is 0.347. The Labute approximate surface area is 158 Å². The summed E-state index contributed by atoms with van der Waals surface area (Å²) in [6.07, 6.45) is 3.51. The highest BCUT2D eigenvalue weighted by molar-refractivity contribution is 7.89. The summed E-state index contributed by atoms with van der Waals surface area (Å²) in [6, 6.07) is 12.8. The highest BCUT2D eigenvalue weighted by atomic mass is 32.2. The number of anilines is 1. The van der Waals surface area contributed by atoms with Crippen LogP contribution in [0.2, 0.25) is 0 Å². The Kier molecular flexibility index (Phi) is 4.67. The Morgan fingerprint density at radius 1 is 1.04 bits per heavy atom. The van der Waals surface area contributed by atoms with Gasteiger partial charge < -0.3 is 4.90 Å². The zero-order chi connectivity index (χ0) is 18.9. The van der Waals surface area contributed by atoms with Crippen molar-refractivity contribution in [2.45, 2.75) is 11.8 Å². The largest absolute Gasteiger partial charge is 0.352 e. The molecule has 27 heavy (non-hydrogen) atoms. The van der Waals surface area contributed by atoms with Gasteiger partial charge in [-0.25, -0.2) is 8.42 Å². The first-order valence-electron chi connectivity index (χ1n) is 8.81. The van der Waals surface area contributed by atoms with Crippen LogP contribution in [0.25, 0.3) is 11.3 Å². The number of rotatable bonds is 4. The summed E-state index contributed by atoms with van der Waals surface area (Å²) in [5.41, 5.74) is 2.91. The molecule has 3 aromatic rings. The van der Waals surface area contributed by atoms with Gasteiger partial charge in [0.25, 0.3) is 0 Å². The standard InChI is InChI=1S/C19H21N5O2S/c1-15-4-6-17(7-5-15)27(25,26)24-11-9-23(10-12-24)19-13-18(21-22-19)16-3-2-8-20-14-16/h2-8,13-14H,9-12H2,1H3,(H,21,22). The summed E-state index contributed by atoms with van der Waals surface area (Å²) >= 11 is 0. The summed E-state index contributed by atoms with van der Waals surface area (Å²) in [6.45, 7) is 4.01. The fourth-order valence-electron chi connectivity index (χ4n) is 3.16. The molecule has 7 nitrogen and oxygen atoms in total. The lowest BCUT2D eigenvalue weighted by molar-refractivity contribution is 0.384. The van der Waals surface area contributed by atoms with Crippen molar-refractivity contribution in [3.63, 3.8) is 0 Å². The fraction of sp³-hybridized carbons (Fsp3) is 0.263. The van der Waals surface area contributed by atoms with Crippen LogP contribution in [-0.4, -0.2) is 54.1 Å². The Hall–Kier alpha value is -2.71. The lowest BCUT2D eigenvalue weighted by Crippen LogP contribution is -2.48. The van der Waals surface area contributed by atoms with Crippen molar-refractivity contribution < 1.29 is 8.42 Å². The number of sulfonamides is 1. The van der Waals surface area contributed by atoms with Crippen LogP contribution in [-0.2, 0) is 10.0 Å². The Morgan fingerprint density at radius 3 is 2.44 bits per heavy atom. The van der Waals surface area contributed by atoms with Crippen molar-refractivity contribution in [3.05, 3.63) is 60.4 Å². The summed E-state index contributed by atoms with van der Waals surface area (Å²) in [4.78, 5) is 6.56. The Balaban J connectivity index is 1.45. The number of aromatic amines is 1. The molecule has 0 saturated carbocycles. The third-order valence-corrected chi connectivity index (χ3v) is 6.67. The second kappa shape index (κ2) is 7.13. The van der Waals surface area contributed by atoms with Gasteiger partial charge in [-0.2, -0.15) is 9.40 Å². The van der Waals surface area contributed by atoms with E-state index in [0.717, 1.165) is 22.6 Å². The number of aromatic nitrogens is 3. The van der Waals surface area contributed by atoms with Crippen molar-refractivity contribution in [2.75, 3.05) is 31.1 Å². The molecule has 0 amide bonds. The normalized spacial score (nSPS) is 15.8. The van der Waals surface area contributed by atoms with Gasteiger partial charge in [-0.1, -0.05) is 17.7 Å². The van der Waals surface area contributed by atoms with E-state index in [1.807, 2.05) is 37.3 Å². The van der Waals surface area contributed by atoms with Crippen LogP contribution in [0.5, 0.6) is 0 Å². The number of nitrogens with zero attached hydrogens (tertiary/aromatic N) is 4. The van der Waals surface area contributed by atoms with Gasteiger partial charge in [0.15, 0.2) is 5.82 Å². The zero-order valence-electron chi connectivity index (χ0n) is 15.0. The van der Waals surface area contributed by atoms with E-state index >= 15 is 0 Å². The maximum absolute atomic E-state index is 12.8.